The number of hydrogen-bond donors (Lipinski definition) is 1. The molecule has 0 amide bonds. The first-order valence-corrected chi connectivity index (χ1v) is 4.45. The third-order valence-electron chi connectivity index (χ3n) is 1.91. The van der Waals surface area contributed by atoms with E-state index in [2.05, 4.69) is 6.58 Å². The fourth-order valence-corrected chi connectivity index (χ4v) is 1.16. The van der Waals surface area contributed by atoms with Crippen molar-refractivity contribution in [2.24, 2.45) is 5.92 Å². The average molecular weight is 170 g/mol. The summed E-state index contributed by atoms with van der Waals surface area (Å²) in [7, 11) is 0. The Morgan fingerprint density at radius 1 is 1.50 bits per heavy atom. The number of hydrogen-bond acceptors (Lipinski definition) is 1. The molecule has 0 aromatic rings. The standard InChI is InChI=1S/C10H18O2/c1-4-5-9(10(11)12)7-6-8(2)3/h9H,2,4-7H2,1,3H3,(H,11,12). The van der Waals surface area contributed by atoms with Crippen LogP contribution in [0.1, 0.15) is 39.5 Å². The van der Waals surface area contributed by atoms with Gasteiger partial charge in [-0.1, -0.05) is 18.9 Å². The Morgan fingerprint density at radius 3 is 2.42 bits per heavy atom. The molecule has 1 unspecified atom stereocenters. The first-order chi connectivity index (χ1) is 5.57. The molecule has 0 aromatic heterocycles. The van der Waals surface area contributed by atoms with Gasteiger partial charge in [-0.15, -0.1) is 6.58 Å². The molecule has 0 saturated carbocycles. The van der Waals surface area contributed by atoms with Gasteiger partial charge in [-0.25, -0.2) is 0 Å². The summed E-state index contributed by atoms with van der Waals surface area (Å²) in [5, 5.41) is 8.79. The summed E-state index contributed by atoms with van der Waals surface area (Å²) in [4.78, 5) is 10.7. The molecule has 12 heavy (non-hydrogen) atoms. The van der Waals surface area contributed by atoms with Gasteiger partial charge in [-0.2, -0.15) is 0 Å². The van der Waals surface area contributed by atoms with E-state index >= 15 is 0 Å². The van der Waals surface area contributed by atoms with E-state index in [-0.39, 0.29) is 5.92 Å². The molecular weight excluding hydrogens is 152 g/mol. The van der Waals surface area contributed by atoms with E-state index in [4.69, 9.17) is 5.11 Å². The van der Waals surface area contributed by atoms with Crippen molar-refractivity contribution in [3.05, 3.63) is 12.2 Å². The van der Waals surface area contributed by atoms with E-state index in [0.29, 0.717) is 0 Å². The summed E-state index contributed by atoms with van der Waals surface area (Å²) in [6.07, 6.45) is 3.28. The zero-order valence-electron chi connectivity index (χ0n) is 7.97. The average Bonchev–Trinajstić information content (AvgIpc) is 1.96. The predicted octanol–water partition coefficient (Wildman–Crippen LogP) is 2.84. The number of carboxylic acids is 1. The highest BCUT2D eigenvalue weighted by Crippen LogP contribution is 2.16. The van der Waals surface area contributed by atoms with Crippen molar-refractivity contribution >= 4 is 5.97 Å². The second-order valence-electron chi connectivity index (χ2n) is 3.32. The summed E-state index contributed by atoms with van der Waals surface area (Å²) in [5.41, 5.74) is 1.07. The van der Waals surface area contributed by atoms with Crippen LogP contribution in [0.15, 0.2) is 12.2 Å². The van der Waals surface area contributed by atoms with Gasteiger partial charge in [0.2, 0.25) is 0 Å². The summed E-state index contributed by atoms with van der Waals surface area (Å²) < 4.78 is 0. The molecule has 0 rings (SSSR count). The monoisotopic (exact) mass is 170 g/mol. The topological polar surface area (TPSA) is 37.3 Å². The highest BCUT2D eigenvalue weighted by molar-refractivity contribution is 5.69. The number of aliphatic carboxylic acids is 1. The lowest BCUT2D eigenvalue weighted by Gasteiger charge is -2.09. The molecule has 0 aliphatic heterocycles. The van der Waals surface area contributed by atoms with Crippen LogP contribution in [-0.2, 0) is 4.79 Å². The molecule has 0 aliphatic rings. The van der Waals surface area contributed by atoms with Crippen LogP contribution in [0.4, 0.5) is 0 Å². The van der Waals surface area contributed by atoms with Crippen molar-refractivity contribution in [3.8, 4) is 0 Å². The van der Waals surface area contributed by atoms with E-state index in [1.54, 1.807) is 0 Å². The summed E-state index contributed by atoms with van der Waals surface area (Å²) >= 11 is 0. The molecule has 0 heterocycles. The van der Waals surface area contributed by atoms with Crippen LogP contribution in [0.2, 0.25) is 0 Å². The van der Waals surface area contributed by atoms with E-state index < -0.39 is 5.97 Å². The van der Waals surface area contributed by atoms with E-state index in [9.17, 15) is 4.79 Å². The van der Waals surface area contributed by atoms with Crippen LogP contribution in [0.3, 0.4) is 0 Å². The van der Waals surface area contributed by atoms with Crippen LogP contribution < -0.4 is 0 Å². The van der Waals surface area contributed by atoms with E-state index in [1.165, 1.54) is 0 Å². The zero-order valence-corrected chi connectivity index (χ0v) is 7.97. The Kier molecular flexibility index (Phi) is 5.43. The van der Waals surface area contributed by atoms with Crippen LogP contribution in [0.5, 0.6) is 0 Å². The lowest BCUT2D eigenvalue weighted by Crippen LogP contribution is -2.13. The second-order valence-corrected chi connectivity index (χ2v) is 3.32. The lowest BCUT2D eigenvalue weighted by atomic mass is 9.96. The SMILES string of the molecule is C=C(C)CCC(CCC)C(=O)O. The van der Waals surface area contributed by atoms with Gasteiger partial charge in [0.05, 0.1) is 5.92 Å². The third kappa shape index (κ3) is 4.94. The number of carbonyl (C=O) groups is 1. The zero-order chi connectivity index (χ0) is 9.56. The van der Waals surface area contributed by atoms with E-state index in [1.807, 2.05) is 13.8 Å². The number of rotatable bonds is 6. The van der Waals surface area contributed by atoms with Crippen molar-refractivity contribution < 1.29 is 9.90 Å². The van der Waals surface area contributed by atoms with Crippen LogP contribution >= 0.6 is 0 Å². The van der Waals surface area contributed by atoms with Crippen LogP contribution in [0.25, 0.3) is 0 Å². The third-order valence-corrected chi connectivity index (χ3v) is 1.91. The molecule has 1 atom stereocenters. The van der Waals surface area contributed by atoms with Crippen molar-refractivity contribution in [3.63, 3.8) is 0 Å². The minimum Gasteiger partial charge on any atom is -0.481 e. The fraction of sp³-hybridized carbons (Fsp3) is 0.700. The summed E-state index contributed by atoms with van der Waals surface area (Å²) in [5.74, 6) is -0.843. The highest BCUT2D eigenvalue weighted by Gasteiger charge is 2.15. The van der Waals surface area contributed by atoms with Crippen molar-refractivity contribution in [1.29, 1.82) is 0 Å². The molecule has 2 heteroatoms. The molecular formula is C10H18O2. The fourth-order valence-electron chi connectivity index (χ4n) is 1.16. The lowest BCUT2D eigenvalue weighted by molar-refractivity contribution is -0.142. The molecule has 0 aromatic carbocycles. The molecule has 1 N–H and O–H groups in total. The van der Waals surface area contributed by atoms with Gasteiger partial charge < -0.3 is 5.11 Å². The van der Waals surface area contributed by atoms with Gasteiger partial charge >= 0.3 is 5.97 Å². The van der Waals surface area contributed by atoms with Gasteiger partial charge in [0, 0.05) is 0 Å². The number of allylic oxidation sites excluding steroid dienone is 1. The molecule has 0 bridgehead atoms. The predicted molar refractivity (Wildman–Crippen MR) is 50.1 cm³/mol. The van der Waals surface area contributed by atoms with Crippen LogP contribution in [0, 0.1) is 5.92 Å². The normalized spacial score (nSPS) is 12.5. The minimum atomic E-state index is -0.668. The molecule has 0 radical (unpaired) electrons. The van der Waals surface area contributed by atoms with Gasteiger partial charge in [0.1, 0.15) is 0 Å². The van der Waals surface area contributed by atoms with E-state index in [0.717, 1.165) is 31.3 Å². The molecule has 70 valence electrons. The molecule has 0 spiro atoms. The van der Waals surface area contributed by atoms with Crippen molar-refractivity contribution in [1.82, 2.24) is 0 Å². The number of carboxylic acid groups (broad SMARTS) is 1. The summed E-state index contributed by atoms with van der Waals surface area (Å²) in [6, 6.07) is 0. The maximum Gasteiger partial charge on any atom is 0.306 e. The Balaban J connectivity index is 3.79. The largest absolute Gasteiger partial charge is 0.481 e. The van der Waals surface area contributed by atoms with Crippen LogP contribution in [-0.4, -0.2) is 11.1 Å². The Bertz CT molecular complexity index is 161. The molecule has 0 fully saturated rings. The van der Waals surface area contributed by atoms with Gasteiger partial charge in [0.25, 0.3) is 0 Å². The Labute approximate surface area is 74.3 Å². The quantitative estimate of drug-likeness (QED) is 0.622. The maximum absolute atomic E-state index is 10.7. The van der Waals surface area contributed by atoms with Gasteiger partial charge in [0.15, 0.2) is 0 Å². The summed E-state index contributed by atoms with van der Waals surface area (Å²) in [6.45, 7) is 7.70. The van der Waals surface area contributed by atoms with Crippen molar-refractivity contribution in [2.75, 3.05) is 0 Å². The Hall–Kier alpha value is -0.790. The first kappa shape index (κ1) is 11.2. The molecule has 0 aliphatic carbocycles. The van der Waals surface area contributed by atoms with Gasteiger partial charge in [-0.3, -0.25) is 4.79 Å². The second kappa shape index (κ2) is 5.81. The van der Waals surface area contributed by atoms with Crippen molar-refractivity contribution in [2.45, 2.75) is 39.5 Å². The smallest absolute Gasteiger partial charge is 0.306 e. The molecule has 0 saturated heterocycles. The highest BCUT2D eigenvalue weighted by atomic mass is 16.4. The minimum absolute atomic E-state index is 0.174. The van der Waals surface area contributed by atoms with Gasteiger partial charge in [-0.05, 0) is 26.2 Å². The maximum atomic E-state index is 10.7. The first-order valence-electron chi connectivity index (χ1n) is 4.45. The Morgan fingerprint density at radius 2 is 2.08 bits per heavy atom. The molecule has 2 nitrogen and oxygen atoms in total.